The van der Waals surface area contributed by atoms with Crippen molar-refractivity contribution in [1.82, 2.24) is 0 Å². The summed E-state index contributed by atoms with van der Waals surface area (Å²) in [5, 5.41) is 8.93. The quantitative estimate of drug-likeness (QED) is 0.547. The summed E-state index contributed by atoms with van der Waals surface area (Å²) >= 11 is 0. The van der Waals surface area contributed by atoms with Gasteiger partial charge in [0.05, 0.1) is 11.9 Å². The van der Waals surface area contributed by atoms with Gasteiger partial charge in [0, 0.05) is 6.26 Å². The van der Waals surface area contributed by atoms with Crippen molar-refractivity contribution < 1.29 is 13.5 Å². The summed E-state index contributed by atoms with van der Waals surface area (Å²) in [5.41, 5.74) is 5.09. The molecule has 0 unspecified atom stereocenters. The van der Waals surface area contributed by atoms with Crippen LogP contribution in [-0.4, -0.2) is 38.2 Å². The molecule has 0 aliphatic heterocycles. The number of aliphatic hydroxyl groups excluding tert-OH is 1. The molecule has 0 amide bonds. The van der Waals surface area contributed by atoms with E-state index in [9.17, 15) is 8.42 Å². The van der Waals surface area contributed by atoms with Crippen molar-refractivity contribution in [3.05, 3.63) is 0 Å². The highest BCUT2D eigenvalue weighted by Crippen LogP contribution is 1.93. The number of rotatable bonds is 4. The van der Waals surface area contributed by atoms with Gasteiger partial charge in [-0.3, -0.25) is 0 Å². The van der Waals surface area contributed by atoms with Crippen LogP contribution in [0, 0.1) is 0 Å². The van der Waals surface area contributed by atoms with Crippen LogP contribution in [0.4, 0.5) is 0 Å². The summed E-state index contributed by atoms with van der Waals surface area (Å²) in [7, 11) is -3.05. The summed E-state index contributed by atoms with van der Waals surface area (Å²) in [6.45, 7) is 0.316. The maximum atomic E-state index is 10.5. The molecule has 0 aromatic heterocycles. The molecule has 10 heavy (non-hydrogen) atoms. The number of nitrogens with two attached hydrogens (primary N) is 1. The first kappa shape index (κ1) is 9.87. The Labute approximate surface area is 61.0 Å². The van der Waals surface area contributed by atoms with Crippen LogP contribution in [0.25, 0.3) is 0 Å². The first-order chi connectivity index (χ1) is 4.45. The maximum Gasteiger partial charge on any atom is 0.149 e. The highest BCUT2D eigenvalue weighted by atomic mass is 32.2. The maximum absolute atomic E-state index is 10.5. The fraction of sp³-hybridized carbons (Fsp3) is 1.00. The van der Waals surface area contributed by atoms with Gasteiger partial charge in [-0.25, -0.2) is 8.42 Å². The lowest BCUT2D eigenvalue weighted by Gasteiger charge is -2.05. The zero-order chi connectivity index (χ0) is 8.20. The van der Waals surface area contributed by atoms with Gasteiger partial charge in [-0.1, -0.05) is 0 Å². The number of hydrogen-bond acceptors (Lipinski definition) is 4. The van der Waals surface area contributed by atoms with E-state index in [1.54, 1.807) is 0 Å². The van der Waals surface area contributed by atoms with E-state index in [-0.39, 0.29) is 5.75 Å². The molecule has 0 rings (SSSR count). The monoisotopic (exact) mass is 167 g/mol. The molecule has 5 heteroatoms. The molecule has 0 aliphatic rings. The molecule has 0 saturated heterocycles. The summed E-state index contributed by atoms with van der Waals surface area (Å²) in [5.74, 6) is -0.190. The van der Waals surface area contributed by atoms with E-state index in [2.05, 4.69) is 0 Å². The topological polar surface area (TPSA) is 80.4 Å². The lowest BCUT2D eigenvalue weighted by Crippen LogP contribution is -2.22. The molecule has 0 aliphatic carbocycles. The standard InChI is InChI=1S/C5H13NO3S/c1-10(8,9)4-5(7)2-3-6/h5,7H,2-4,6H2,1H3/t5-/m0/s1. The molecule has 0 bridgehead atoms. The van der Waals surface area contributed by atoms with Crippen LogP contribution in [0.5, 0.6) is 0 Å². The normalized spacial score (nSPS) is 15.1. The lowest BCUT2D eigenvalue weighted by atomic mass is 10.3. The highest BCUT2D eigenvalue weighted by molar-refractivity contribution is 7.90. The fourth-order valence-corrected chi connectivity index (χ4v) is 1.49. The van der Waals surface area contributed by atoms with Crippen molar-refractivity contribution in [2.75, 3.05) is 18.6 Å². The third-order valence-corrected chi connectivity index (χ3v) is 1.99. The Morgan fingerprint density at radius 3 is 2.40 bits per heavy atom. The molecular formula is C5H13NO3S. The third-order valence-electron chi connectivity index (χ3n) is 0.995. The minimum Gasteiger partial charge on any atom is -0.392 e. The van der Waals surface area contributed by atoms with Crippen molar-refractivity contribution in [1.29, 1.82) is 0 Å². The summed E-state index contributed by atoms with van der Waals surface area (Å²) in [6, 6.07) is 0. The Morgan fingerprint density at radius 1 is 1.60 bits per heavy atom. The van der Waals surface area contributed by atoms with Gasteiger partial charge < -0.3 is 10.8 Å². The summed E-state index contributed by atoms with van der Waals surface area (Å²) < 4.78 is 21.0. The van der Waals surface area contributed by atoms with Crippen LogP contribution < -0.4 is 5.73 Å². The molecule has 3 N–H and O–H groups in total. The molecular weight excluding hydrogens is 154 g/mol. The van der Waals surface area contributed by atoms with Crippen LogP contribution in [0.15, 0.2) is 0 Å². The van der Waals surface area contributed by atoms with E-state index < -0.39 is 15.9 Å². The first-order valence-electron chi connectivity index (χ1n) is 3.01. The van der Waals surface area contributed by atoms with Crippen LogP contribution in [0.2, 0.25) is 0 Å². The van der Waals surface area contributed by atoms with E-state index in [1.165, 1.54) is 0 Å². The van der Waals surface area contributed by atoms with E-state index in [1.807, 2.05) is 0 Å². The van der Waals surface area contributed by atoms with E-state index >= 15 is 0 Å². The van der Waals surface area contributed by atoms with E-state index in [4.69, 9.17) is 10.8 Å². The van der Waals surface area contributed by atoms with E-state index in [0.717, 1.165) is 6.26 Å². The van der Waals surface area contributed by atoms with Crippen LogP contribution in [0.3, 0.4) is 0 Å². The molecule has 0 aromatic rings. The van der Waals surface area contributed by atoms with Crippen LogP contribution >= 0.6 is 0 Å². The molecule has 0 aromatic carbocycles. The second-order valence-corrected chi connectivity index (χ2v) is 4.51. The van der Waals surface area contributed by atoms with Gasteiger partial charge in [0.15, 0.2) is 0 Å². The molecule has 0 radical (unpaired) electrons. The van der Waals surface area contributed by atoms with Crippen molar-refractivity contribution >= 4 is 9.84 Å². The van der Waals surface area contributed by atoms with E-state index in [0.29, 0.717) is 13.0 Å². The van der Waals surface area contributed by atoms with Crippen molar-refractivity contribution in [2.24, 2.45) is 5.73 Å². The minimum atomic E-state index is -3.05. The average molecular weight is 167 g/mol. The average Bonchev–Trinajstić information content (AvgIpc) is 1.59. The SMILES string of the molecule is CS(=O)(=O)C[C@@H](O)CCN. The Bertz CT molecular complexity index is 175. The third kappa shape index (κ3) is 6.00. The van der Waals surface area contributed by atoms with Gasteiger partial charge in [-0.15, -0.1) is 0 Å². The zero-order valence-corrected chi connectivity index (χ0v) is 6.76. The molecule has 0 fully saturated rings. The molecule has 1 atom stereocenters. The fourth-order valence-electron chi connectivity index (χ4n) is 0.625. The molecule has 0 heterocycles. The van der Waals surface area contributed by atoms with Crippen molar-refractivity contribution in [2.45, 2.75) is 12.5 Å². The predicted molar refractivity (Wildman–Crippen MR) is 39.4 cm³/mol. The molecule has 4 nitrogen and oxygen atoms in total. The van der Waals surface area contributed by atoms with Gasteiger partial charge in [0.2, 0.25) is 0 Å². The molecule has 0 saturated carbocycles. The smallest absolute Gasteiger partial charge is 0.149 e. The summed E-state index contributed by atoms with van der Waals surface area (Å²) in [6.07, 6.45) is 0.625. The van der Waals surface area contributed by atoms with Gasteiger partial charge in [0.25, 0.3) is 0 Å². The van der Waals surface area contributed by atoms with Crippen molar-refractivity contribution in [3.63, 3.8) is 0 Å². The Morgan fingerprint density at radius 2 is 2.10 bits per heavy atom. The molecule has 0 spiro atoms. The first-order valence-corrected chi connectivity index (χ1v) is 5.07. The number of sulfone groups is 1. The Balaban J connectivity index is 3.69. The van der Waals surface area contributed by atoms with Crippen molar-refractivity contribution in [3.8, 4) is 0 Å². The zero-order valence-electron chi connectivity index (χ0n) is 5.95. The minimum absolute atomic E-state index is 0.190. The van der Waals surface area contributed by atoms with Gasteiger partial charge in [-0.05, 0) is 13.0 Å². The Hall–Kier alpha value is -0.130. The number of hydrogen-bond donors (Lipinski definition) is 2. The second-order valence-electron chi connectivity index (χ2n) is 2.32. The second kappa shape index (κ2) is 3.90. The van der Waals surface area contributed by atoms with Crippen LogP contribution in [0.1, 0.15) is 6.42 Å². The summed E-state index contributed by atoms with van der Waals surface area (Å²) in [4.78, 5) is 0. The van der Waals surface area contributed by atoms with Crippen LogP contribution in [-0.2, 0) is 9.84 Å². The van der Waals surface area contributed by atoms with Gasteiger partial charge in [0.1, 0.15) is 9.84 Å². The number of aliphatic hydroxyl groups is 1. The molecule has 62 valence electrons. The largest absolute Gasteiger partial charge is 0.392 e. The van der Waals surface area contributed by atoms with Gasteiger partial charge in [-0.2, -0.15) is 0 Å². The lowest BCUT2D eigenvalue weighted by molar-refractivity contribution is 0.190. The Kier molecular flexibility index (Phi) is 3.85. The van der Waals surface area contributed by atoms with Gasteiger partial charge >= 0.3 is 0 Å². The highest BCUT2D eigenvalue weighted by Gasteiger charge is 2.10. The predicted octanol–water partition coefficient (Wildman–Crippen LogP) is -1.26.